The zero-order valence-corrected chi connectivity index (χ0v) is 9.80. The molecule has 0 radical (unpaired) electrons. The molecule has 6 nitrogen and oxygen atoms in total. The fraction of sp³-hybridized carbons (Fsp3) is 0.333. The van der Waals surface area contributed by atoms with Crippen LogP contribution in [-0.2, 0) is 16.0 Å². The molecule has 1 unspecified atom stereocenters. The number of benzene rings is 1. The van der Waals surface area contributed by atoms with Gasteiger partial charge in [-0.25, -0.2) is 4.79 Å². The fourth-order valence-electron chi connectivity index (χ4n) is 1.39. The van der Waals surface area contributed by atoms with E-state index in [-0.39, 0.29) is 6.42 Å². The lowest BCUT2D eigenvalue weighted by atomic mass is 10.1. The van der Waals surface area contributed by atoms with Gasteiger partial charge in [0.25, 0.3) is 0 Å². The number of hydrogen-bond acceptors (Lipinski definition) is 4. The molecular formula is C12H16N2O4. The first-order chi connectivity index (χ1) is 8.52. The number of carboxylic acid groups (broad SMARTS) is 1. The molecule has 0 fully saturated rings. The van der Waals surface area contributed by atoms with Gasteiger partial charge in [-0.3, -0.25) is 4.79 Å². The zero-order chi connectivity index (χ0) is 13.5. The maximum atomic E-state index is 11.4. The Morgan fingerprint density at radius 2 is 1.89 bits per heavy atom. The molecule has 1 aromatic carbocycles. The fourth-order valence-corrected chi connectivity index (χ4v) is 1.39. The summed E-state index contributed by atoms with van der Waals surface area (Å²) in [5.41, 5.74) is 7.12. The van der Waals surface area contributed by atoms with Gasteiger partial charge in [-0.05, 0) is 24.1 Å². The number of hydrogen-bond donors (Lipinski definition) is 4. The quantitative estimate of drug-likeness (QED) is 0.522. The second-order valence-electron chi connectivity index (χ2n) is 3.88. The first kappa shape index (κ1) is 14.0. The standard InChI is InChI=1S/C12H16N2O4/c13-9-4-1-8(2-5-9)3-6-11(16)14-10(7-15)12(17)18/h1-2,4-5,10,15H,3,6-7,13H2,(H,14,16)(H,17,18). The molecule has 0 aromatic heterocycles. The van der Waals surface area contributed by atoms with E-state index in [4.69, 9.17) is 15.9 Å². The monoisotopic (exact) mass is 252 g/mol. The minimum atomic E-state index is -1.25. The number of anilines is 1. The SMILES string of the molecule is Nc1ccc(CCC(=O)NC(CO)C(=O)O)cc1. The van der Waals surface area contributed by atoms with E-state index in [2.05, 4.69) is 5.32 Å². The van der Waals surface area contributed by atoms with Gasteiger partial charge in [0.2, 0.25) is 5.91 Å². The van der Waals surface area contributed by atoms with Gasteiger partial charge in [0.15, 0.2) is 0 Å². The first-order valence-corrected chi connectivity index (χ1v) is 5.50. The third-order valence-electron chi connectivity index (χ3n) is 2.44. The van der Waals surface area contributed by atoms with E-state index in [0.29, 0.717) is 12.1 Å². The van der Waals surface area contributed by atoms with Gasteiger partial charge in [-0.15, -0.1) is 0 Å². The average molecular weight is 252 g/mol. The number of nitrogen functional groups attached to an aromatic ring is 1. The van der Waals surface area contributed by atoms with Crippen molar-refractivity contribution in [3.05, 3.63) is 29.8 Å². The van der Waals surface area contributed by atoms with Crippen LogP contribution in [0.1, 0.15) is 12.0 Å². The molecule has 0 aliphatic rings. The van der Waals surface area contributed by atoms with Gasteiger partial charge in [0, 0.05) is 12.1 Å². The Bertz CT molecular complexity index is 417. The van der Waals surface area contributed by atoms with Gasteiger partial charge >= 0.3 is 5.97 Å². The van der Waals surface area contributed by atoms with Gasteiger partial charge in [-0.2, -0.15) is 0 Å². The molecule has 0 aliphatic heterocycles. The normalized spacial score (nSPS) is 11.8. The van der Waals surface area contributed by atoms with Crippen molar-refractivity contribution < 1.29 is 19.8 Å². The van der Waals surface area contributed by atoms with Crippen LogP contribution in [-0.4, -0.2) is 34.7 Å². The van der Waals surface area contributed by atoms with Crippen molar-refractivity contribution in [3.63, 3.8) is 0 Å². The molecule has 0 saturated heterocycles. The van der Waals surface area contributed by atoms with E-state index < -0.39 is 24.5 Å². The number of carboxylic acids is 1. The number of aryl methyl sites for hydroxylation is 1. The second kappa shape index (κ2) is 6.61. The summed E-state index contributed by atoms with van der Waals surface area (Å²) in [5.74, 6) is -1.66. The van der Waals surface area contributed by atoms with E-state index in [0.717, 1.165) is 5.56 Å². The summed E-state index contributed by atoms with van der Waals surface area (Å²) >= 11 is 0. The van der Waals surface area contributed by atoms with Crippen LogP contribution in [0, 0.1) is 0 Å². The molecule has 0 bridgehead atoms. The molecule has 0 saturated carbocycles. The zero-order valence-electron chi connectivity index (χ0n) is 9.80. The number of carbonyl (C=O) groups is 2. The highest BCUT2D eigenvalue weighted by Gasteiger charge is 2.18. The molecule has 1 atom stereocenters. The Hall–Kier alpha value is -2.08. The van der Waals surface area contributed by atoms with Crippen LogP contribution in [0.3, 0.4) is 0 Å². The summed E-state index contributed by atoms with van der Waals surface area (Å²) in [6.07, 6.45) is 0.650. The molecule has 0 heterocycles. The summed E-state index contributed by atoms with van der Waals surface area (Å²) in [6.45, 7) is -0.622. The smallest absolute Gasteiger partial charge is 0.328 e. The van der Waals surface area contributed by atoms with Gasteiger partial charge in [-0.1, -0.05) is 12.1 Å². The van der Waals surface area contributed by atoms with E-state index in [1.807, 2.05) is 12.1 Å². The van der Waals surface area contributed by atoms with E-state index in [1.54, 1.807) is 12.1 Å². The van der Waals surface area contributed by atoms with Crippen molar-refractivity contribution in [3.8, 4) is 0 Å². The Kier molecular flexibility index (Phi) is 5.13. The molecule has 1 rings (SSSR count). The molecule has 18 heavy (non-hydrogen) atoms. The van der Waals surface area contributed by atoms with Crippen molar-refractivity contribution in [2.24, 2.45) is 0 Å². The van der Waals surface area contributed by atoms with Crippen LogP contribution in [0.5, 0.6) is 0 Å². The van der Waals surface area contributed by atoms with E-state index in [1.165, 1.54) is 0 Å². The van der Waals surface area contributed by atoms with Gasteiger partial charge < -0.3 is 21.3 Å². The molecule has 1 aromatic rings. The van der Waals surface area contributed by atoms with Crippen molar-refractivity contribution in [2.75, 3.05) is 12.3 Å². The van der Waals surface area contributed by atoms with Crippen LogP contribution in [0.2, 0.25) is 0 Å². The van der Waals surface area contributed by atoms with Crippen LogP contribution in [0.25, 0.3) is 0 Å². The number of aliphatic hydroxyl groups excluding tert-OH is 1. The van der Waals surface area contributed by atoms with Crippen LogP contribution < -0.4 is 11.1 Å². The van der Waals surface area contributed by atoms with E-state index >= 15 is 0 Å². The minimum Gasteiger partial charge on any atom is -0.480 e. The predicted molar refractivity (Wildman–Crippen MR) is 65.8 cm³/mol. The molecule has 0 spiro atoms. The number of nitrogens with one attached hydrogen (secondary N) is 1. The number of aliphatic carboxylic acids is 1. The summed E-state index contributed by atoms with van der Waals surface area (Å²) in [5, 5.41) is 19.6. The largest absolute Gasteiger partial charge is 0.480 e. The molecule has 5 N–H and O–H groups in total. The Morgan fingerprint density at radius 1 is 1.28 bits per heavy atom. The molecule has 1 amide bonds. The lowest BCUT2D eigenvalue weighted by Gasteiger charge is -2.11. The molecule has 0 aliphatic carbocycles. The summed E-state index contributed by atoms with van der Waals surface area (Å²) in [7, 11) is 0. The average Bonchev–Trinajstić information content (AvgIpc) is 2.35. The highest BCUT2D eigenvalue weighted by atomic mass is 16.4. The maximum Gasteiger partial charge on any atom is 0.328 e. The summed E-state index contributed by atoms with van der Waals surface area (Å²) in [6, 6.07) is 5.85. The molecular weight excluding hydrogens is 236 g/mol. The summed E-state index contributed by atoms with van der Waals surface area (Å²) < 4.78 is 0. The van der Waals surface area contributed by atoms with Crippen LogP contribution >= 0.6 is 0 Å². The van der Waals surface area contributed by atoms with Crippen molar-refractivity contribution in [1.82, 2.24) is 5.32 Å². The van der Waals surface area contributed by atoms with Gasteiger partial charge in [0.05, 0.1) is 6.61 Å². The predicted octanol–water partition coefficient (Wildman–Crippen LogP) is -0.237. The Labute approximate surface area is 104 Å². The number of carbonyl (C=O) groups excluding carboxylic acids is 1. The van der Waals surface area contributed by atoms with Crippen molar-refractivity contribution in [2.45, 2.75) is 18.9 Å². The second-order valence-corrected chi connectivity index (χ2v) is 3.88. The molecule has 6 heteroatoms. The van der Waals surface area contributed by atoms with Gasteiger partial charge in [0.1, 0.15) is 6.04 Å². The highest BCUT2D eigenvalue weighted by molar-refractivity contribution is 5.83. The minimum absolute atomic E-state index is 0.160. The van der Waals surface area contributed by atoms with E-state index in [9.17, 15) is 9.59 Å². The summed E-state index contributed by atoms with van der Waals surface area (Å²) in [4.78, 5) is 22.0. The Morgan fingerprint density at radius 3 is 2.39 bits per heavy atom. The number of amides is 1. The topological polar surface area (TPSA) is 113 Å². The highest BCUT2D eigenvalue weighted by Crippen LogP contribution is 2.07. The lowest BCUT2D eigenvalue weighted by molar-refractivity contribution is -0.142. The number of aliphatic hydroxyl groups is 1. The van der Waals surface area contributed by atoms with Crippen molar-refractivity contribution >= 4 is 17.6 Å². The van der Waals surface area contributed by atoms with Crippen molar-refractivity contribution in [1.29, 1.82) is 0 Å². The van der Waals surface area contributed by atoms with Crippen LogP contribution in [0.4, 0.5) is 5.69 Å². The third-order valence-corrected chi connectivity index (χ3v) is 2.44. The third kappa shape index (κ3) is 4.42. The Balaban J connectivity index is 2.41. The number of rotatable bonds is 6. The van der Waals surface area contributed by atoms with Crippen LogP contribution in [0.15, 0.2) is 24.3 Å². The number of nitrogens with two attached hydrogens (primary N) is 1. The first-order valence-electron chi connectivity index (χ1n) is 5.50. The molecule has 98 valence electrons. The maximum absolute atomic E-state index is 11.4. The lowest BCUT2D eigenvalue weighted by Crippen LogP contribution is -2.43.